The number of carbonyl (C=O) groups excluding carboxylic acids is 1. The van der Waals surface area contributed by atoms with Gasteiger partial charge in [-0.3, -0.25) is 4.79 Å². The van der Waals surface area contributed by atoms with E-state index in [0.717, 1.165) is 11.1 Å². The second-order valence-electron chi connectivity index (χ2n) is 5.05. The van der Waals surface area contributed by atoms with Gasteiger partial charge in [-0.15, -0.1) is 0 Å². The fourth-order valence-corrected chi connectivity index (χ4v) is 2.43. The summed E-state index contributed by atoms with van der Waals surface area (Å²) < 4.78 is 5.02. The molecule has 0 aliphatic carbocycles. The van der Waals surface area contributed by atoms with Crippen LogP contribution < -0.4 is 5.32 Å². The molecule has 2 aromatic rings. The van der Waals surface area contributed by atoms with Crippen molar-refractivity contribution < 1.29 is 9.53 Å². The van der Waals surface area contributed by atoms with Gasteiger partial charge in [0.25, 0.3) is 5.91 Å². The lowest BCUT2D eigenvalue weighted by Gasteiger charge is -2.19. The van der Waals surface area contributed by atoms with E-state index in [-0.39, 0.29) is 18.1 Å². The lowest BCUT2D eigenvalue weighted by Crippen LogP contribution is -2.32. The number of nitrogens with one attached hydrogen (secondary N) is 1. The minimum Gasteiger partial charge on any atom is -0.363 e. The smallest absolute Gasteiger partial charge is 0.252 e. The van der Waals surface area contributed by atoms with Gasteiger partial charge in [-0.1, -0.05) is 35.9 Å². The molecule has 1 heterocycles. The number of halogens is 1. The molecule has 0 aromatic heterocycles. The molecule has 3 rings (SSSR count). The Kier molecular flexibility index (Phi) is 4.10. The van der Waals surface area contributed by atoms with Gasteiger partial charge >= 0.3 is 0 Å². The zero-order chi connectivity index (χ0) is 15.5. The van der Waals surface area contributed by atoms with Gasteiger partial charge in [0.2, 0.25) is 0 Å². The van der Waals surface area contributed by atoms with Crippen molar-refractivity contribution in [1.82, 2.24) is 5.32 Å². The minimum atomic E-state index is -0.361. The van der Waals surface area contributed by atoms with E-state index in [1.807, 2.05) is 30.3 Å². The Labute approximate surface area is 133 Å². The van der Waals surface area contributed by atoms with Crippen molar-refractivity contribution >= 4 is 17.5 Å². The molecule has 0 radical (unpaired) electrons. The highest BCUT2D eigenvalue weighted by molar-refractivity contribution is 6.30. The summed E-state index contributed by atoms with van der Waals surface area (Å²) >= 11 is 6.06. The maximum Gasteiger partial charge on any atom is 0.252 e. The molecular formula is C17H13ClN2O2. The fraction of sp³-hybridized carbons (Fsp3) is 0.176. The first-order chi connectivity index (χ1) is 10.7. The van der Waals surface area contributed by atoms with E-state index in [4.69, 9.17) is 21.6 Å². The summed E-state index contributed by atoms with van der Waals surface area (Å²) in [5.74, 6) is -0.144. The molecule has 2 aromatic carbocycles. The highest BCUT2D eigenvalue weighted by atomic mass is 35.5. The first-order valence-electron chi connectivity index (χ1n) is 6.85. The molecule has 110 valence electrons. The van der Waals surface area contributed by atoms with Gasteiger partial charge in [0.15, 0.2) is 6.10 Å². The number of nitriles is 1. The van der Waals surface area contributed by atoms with Gasteiger partial charge in [0.1, 0.15) is 0 Å². The van der Waals surface area contributed by atoms with E-state index in [1.54, 1.807) is 18.2 Å². The van der Waals surface area contributed by atoms with Crippen LogP contribution in [0.4, 0.5) is 0 Å². The van der Waals surface area contributed by atoms with E-state index >= 15 is 0 Å². The first-order valence-corrected chi connectivity index (χ1v) is 7.22. The molecule has 4 nitrogen and oxygen atoms in total. The Morgan fingerprint density at radius 2 is 2.00 bits per heavy atom. The Hall–Kier alpha value is -2.35. The zero-order valence-corrected chi connectivity index (χ0v) is 12.4. The van der Waals surface area contributed by atoms with Crippen molar-refractivity contribution in [1.29, 1.82) is 5.26 Å². The van der Waals surface area contributed by atoms with Crippen molar-refractivity contribution in [2.75, 3.05) is 6.61 Å². The van der Waals surface area contributed by atoms with Gasteiger partial charge in [0, 0.05) is 5.02 Å². The maximum absolute atomic E-state index is 12.0. The van der Waals surface area contributed by atoms with Crippen LogP contribution in [0.25, 0.3) is 0 Å². The molecule has 1 aliphatic rings. The zero-order valence-electron chi connectivity index (χ0n) is 11.6. The molecule has 0 saturated carbocycles. The molecule has 1 N–H and O–H groups in total. The van der Waals surface area contributed by atoms with Crippen molar-refractivity contribution in [2.45, 2.75) is 12.1 Å². The summed E-state index contributed by atoms with van der Waals surface area (Å²) in [7, 11) is 0. The number of hydrogen-bond donors (Lipinski definition) is 1. The third kappa shape index (κ3) is 3.28. The van der Waals surface area contributed by atoms with Gasteiger partial charge in [0.05, 0.1) is 24.3 Å². The van der Waals surface area contributed by atoms with Crippen LogP contribution in [0.2, 0.25) is 5.02 Å². The van der Waals surface area contributed by atoms with E-state index < -0.39 is 0 Å². The molecule has 22 heavy (non-hydrogen) atoms. The minimum absolute atomic E-state index is 0.144. The monoisotopic (exact) mass is 312 g/mol. The van der Waals surface area contributed by atoms with Gasteiger partial charge in [-0.05, 0) is 35.4 Å². The standard InChI is InChI=1S/C17H13ClN2O2/c18-14-3-1-2-13(8-14)16(20-17(21)15-10-22-15)12-6-4-11(9-19)5-7-12/h1-8,15-16H,10H2,(H,20,21). The SMILES string of the molecule is N#Cc1ccc(C(NC(=O)C2CO2)c2cccc(Cl)c2)cc1. The van der Waals surface area contributed by atoms with Crippen molar-refractivity contribution in [3.63, 3.8) is 0 Å². The second-order valence-corrected chi connectivity index (χ2v) is 5.49. The number of benzene rings is 2. The van der Waals surface area contributed by atoms with Crippen LogP contribution in [-0.2, 0) is 9.53 Å². The van der Waals surface area contributed by atoms with Crippen molar-refractivity contribution in [3.05, 3.63) is 70.2 Å². The largest absolute Gasteiger partial charge is 0.363 e. The first kappa shape index (κ1) is 14.6. The average molecular weight is 313 g/mol. The molecule has 1 fully saturated rings. The predicted molar refractivity (Wildman–Crippen MR) is 82.3 cm³/mol. The fourth-order valence-electron chi connectivity index (χ4n) is 2.23. The number of rotatable bonds is 4. The molecule has 5 heteroatoms. The Morgan fingerprint density at radius 3 is 2.59 bits per heavy atom. The topological polar surface area (TPSA) is 65.4 Å². The lowest BCUT2D eigenvalue weighted by atomic mass is 9.97. The summed E-state index contributed by atoms with van der Waals surface area (Å²) in [5.41, 5.74) is 2.34. The molecule has 0 bridgehead atoms. The molecule has 1 aliphatic heterocycles. The normalized spacial score (nSPS) is 17.4. The van der Waals surface area contributed by atoms with E-state index in [9.17, 15) is 4.79 Å². The molecule has 1 saturated heterocycles. The van der Waals surface area contributed by atoms with Crippen LogP contribution in [0.1, 0.15) is 22.7 Å². The highest BCUT2D eigenvalue weighted by Crippen LogP contribution is 2.26. The summed E-state index contributed by atoms with van der Waals surface area (Å²) in [5, 5.41) is 12.5. The highest BCUT2D eigenvalue weighted by Gasteiger charge is 2.33. The van der Waals surface area contributed by atoms with Gasteiger partial charge in [-0.25, -0.2) is 0 Å². The maximum atomic E-state index is 12.0. The Bertz CT molecular complexity index is 733. The number of hydrogen-bond acceptors (Lipinski definition) is 3. The van der Waals surface area contributed by atoms with Gasteiger partial charge in [-0.2, -0.15) is 5.26 Å². The summed E-state index contributed by atoms with van der Waals surface area (Å²) in [6.07, 6.45) is -0.361. The van der Waals surface area contributed by atoms with E-state index in [0.29, 0.717) is 17.2 Å². The number of nitrogens with zero attached hydrogens (tertiary/aromatic N) is 1. The van der Waals surface area contributed by atoms with Crippen molar-refractivity contribution in [2.24, 2.45) is 0 Å². The van der Waals surface area contributed by atoms with Crippen LogP contribution in [0.5, 0.6) is 0 Å². The summed E-state index contributed by atoms with van der Waals surface area (Å²) in [6, 6.07) is 16.2. The quantitative estimate of drug-likeness (QED) is 0.883. The van der Waals surface area contributed by atoms with E-state index in [1.165, 1.54) is 0 Å². The predicted octanol–water partition coefficient (Wildman–Crippen LogP) is 2.82. The van der Waals surface area contributed by atoms with Crippen molar-refractivity contribution in [3.8, 4) is 6.07 Å². The molecular weight excluding hydrogens is 300 g/mol. The average Bonchev–Trinajstić information content (AvgIpc) is 3.37. The van der Waals surface area contributed by atoms with E-state index in [2.05, 4.69) is 11.4 Å². The van der Waals surface area contributed by atoms with Crippen LogP contribution in [-0.4, -0.2) is 18.6 Å². The van der Waals surface area contributed by atoms with Crippen LogP contribution >= 0.6 is 11.6 Å². The van der Waals surface area contributed by atoms with Crippen LogP contribution in [0.3, 0.4) is 0 Å². The Balaban J connectivity index is 1.93. The summed E-state index contributed by atoms with van der Waals surface area (Å²) in [6.45, 7) is 0.460. The third-order valence-electron chi connectivity index (χ3n) is 3.47. The van der Waals surface area contributed by atoms with Crippen LogP contribution in [0, 0.1) is 11.3 Å². The molecule has 2 atom stereocenters. The third-order valence-corrected chi connectivity index (χ3v) is 3.70. The Morgan fingerprint density at radius 1 is 1.27 bits per heavy atom. The lowest BCUT2D eigenvalue weighted by molar-refractivity contribution is -0.122. The number of amides is 1. The number of epoxide rings is 1. The van der Waals surface area contributed by atoms with Gasteiger partial charge < -0.3 is 10.1 Å². The number of carbonyl (C=O) groups is 1. The summed E-state index contributed by atoms with van der Waals surface area (Å²) in [4.78, 5) is 12.0. The molecule has 1 amide bonds. The molecule has 2 unspecified atom stereocenters. The second kappa shape index (κ2) is 6.18. The number of ether oxygens (including phenoxy) is 1. The van der Waals surface area contributed by atoms with Crippen LogP contribution in [0.15, 0.2) is 48.5 Å². The molecule has 0 spiro atoms.